The van der Waals surface area contributed by atoms with Gasteiger partial charge in [0.25, 0.3) is 0 Å². The number of nitrogens with zero attached hydrogens (tertiary/aromatic N) is 1. The van der Waals surface area contributed by atoms with Crippen molar-refractivity contribution >= 4 is 23.4 Å². The zero-order valence-corrected chi connectivity index (χ0v) is 7.73. The molecule has 0 aromatic heterocycles. The molecule has 0 saturated carbocycles. The SMILES string of the molecule is CCc1cc(Cl)cc(F)c1N=C=O. The van der Waals surface area contributed by atoms with E-state index in [1.54, 1.807) is 6.07 Å². The molecule has 1 aromatic carbocycles. The molecular formula is C9H7ClFNO. The highest BCUT2D eigenvalue weighted by Gasteiger charge is 2.07. The third kappa shape index (κ3) is 2.14. The quantitative estimate of drug-likeness (QED) is 0.532. The number of rotatable bonds is 2. The predicted molar refractivity (Wildman–Crippen MR) is 48.6 cm³/mol. The number of halogens is 2. The summed E-state index contributed by atoms with van der Waals surface area (Å²) in [4.78, 5) is 13.3. The van der Waals surface area contributed by atoms with E-state index in [-0.39, 0.29) is 5.69 Å². The molecule has 4 heteroatoms. The Morgan fingerprint density at radius 1 is 1.62 bits per heavy atom. The van der Waals surface area contributed by atoms with Gasteiger partial charge in [-0.15, -0.1) is 0 Å². The van der Waals surface area contributed by atoms with Crippen LogP contribution in [0.3, 0.4) is 0 Å². The summed E-state index contributed by atoms with van der Waals surface area (Å²) in [6, 6.07) is 2.71. The summed E-state index contributed by atoms with van der Waals surface area (Å²) < 4.78 is 13.1. The number of aliphatic imine (C=N–C) groups is 1. The lowest BCUT2D eigenvalue weighted by atomic mass is 10.1. The van der Waals surface area contributed by atoms with Crippen LogP contribution in [-0.4, -0.2) is 6.08 Å². The first-order chi connectivity index (χ1) is 6.19. The van der Waals surface area contributed by atoms with Crippen molar-refractivity contribution in [3.05, 3.63) is 28.5 Å². The van der Waals surface area contributed by atoms with Gasteiger partial charge < -0.3 is 0 Å². The second kappa shape index (κ2) is 4.17. The van der Waals surface area contributed by atoms with Gasteiger partial charge >= 0.3 is 0 Å². The summed E-state index contributed by atoms with van der Waals surface area (Å²) in [6.45, 7) is 1.83. The van der Waals surface area contributed by atoms with E-state index >= 15 is 0 Å². The van der Waals surface area contributed by atoms with Crippen molar-refractivity contribution in [2.24, 2.45) is 4.99 Å². The maximum absolute atomic E-state index is 13.1. The number of aryl methyl sites for hydroxylation is 1. The highest BCUT2D eigenvalue weighted by Crippen LogP contribution is 2.27. The molecule has 13 heavy (non-hydrogen) atoms. The molecule has 0 atom stereocenters. The van der Waals surface area contributed by atoms with Crippen LogP contribution >= 0.6 is 11.6 Å². The van der Waals surface area contributed by atoms with Gasteiger partial charge in [-0.3, -0.25) is 0 Å². The fourth-order valence-electron chi connectivity index (χ4n) is 1.06. The monoisotopic (exact) mass is 199 g/mol. The molecule has 0 aliphatic rings. The van der Waals surface area contributed by atoms with Crippen LogP contribution in [0.2, 0.25) is 5.02 Å². The molecule has 2 nitrogen and oxygen atoms in total. The predicted octanol–water partition coefficient (Wildman–Crippen LogP) is 3.01. The maximum atomic E-state index is 13.1. The minimum atomic E-state index is -0.590. The molecule has 0 fully saturated rings. The van der Waals surface area contributed by atoms with E-state index in [4.69, 9.17) is 11.6 Å². The van der Waals surface area contributed by atoms with Gasteiger partial charge in [0.2, 0.25) is 6.08 Å². The fraction of sp³-hybridized carbons (Fsp3) is 0.222. The van der Waals surface area contributed by atoms with E-state index in [9.17, 15) is 9.18 Å². The second-order valence-electron chi connectivity index (χ2n) is 2.45. The van der Waals surface area contributed by atoms with Crippen LogP contribution in [0.15, 0.2) is 17.1 Å². The summed E-state index contributed by atoms with van der Waals surface area (Å²) in [5.41, 5.74) is 0.634. The molecule has 68 valence electrons. The molecule has 0 bridgehead atoms. The van der Waals surface area contributed by atoms with E-state index in [2.05, 4.69) is 4.99 Å². The van der Waals surface area contributed by atoms with E-state index in [0.29, 0.717) is 17.0 Å². The molecule has 0 spiro atoms. The average molecular weight is 200 g/mol. The molecule has 0 aliphatic heterocycles. The highest BCUT2D eigenvalue weighted by atomic mass is 35.5. The van der Waals surface area contributed by atoms with Crippen molar-refractivity contribution in [3.63, 3.8) is 0 Å². The highest BCUT2D eigenvalue weighted by molar-refractivity contribution is 6.30. The van der Waals surface area contributed by atoms with Crippen LogP contribution in [0.1, 0.15) is 12.5 Å². The van der Waals surface area contributed by atoms with Gasteiger partial charge in [0.15, 0.2) is 5.82 Å². The lowest BCUT2D eigenvalue weighted by Gasteiger charge is -2.02. The number of hydrogen-bond acceptors (Lipinski definition) is 2. The van der Waals surface area contributed by atoms with E-state index in [0.717, 1.165) is 6.07 Å². The molecule has 1 rings (SSSR count). The van der Waals surface area contributed by atoms with Gasteiger partial charge in [-0.1, -0.05) is 18.5 Å². The van der Waals surface area contributed by atoms with Crippen LogP contribution in [0.25, 0.3) is 0 Å². The van der Waals surface area contributed by atoms with Crippen molar-refractivity contribution in [1.29, 1.82) is 0 Å². The molecule has 0 radical (unpaired) electrons. The number of benzene rings is 1. The third-order valence-electron chi connectivity index (χ3n) is 1.65. The average Bonchev–Trinajstić information content (AvgIpc) is 2.09. The fourth-order valence-corrected chi connectivity index (χ4v) is 1.29. The number of hydrogen-bond donors (Lipinski definition) is 0. The van der Waals surface area contributed by atoms with Crippen molar-refractivity contribution in [1.82, 2.24) is 0 Å². The Morgan fingerprint density at radius 3 is 2.85 bits per heavy atom. The number of isocyanates is 1. The Hall–Kier alpha value is -1.18. The normalized spacial score (nSPS) is 9.46. The first kappa shape index (κ1) is 9.90. The van der Waals surface area contributed by atoms with Crippen molar-refractivity contribution < 1.29 is 9.18 Å². The second-order valence-corrected chi connectivity index (χ2v) is 2.89. The van der Waals surface area contributed by atoms with Crippen molar-refractivity contribution in [2.75, 3.05) is 0 Å². The van der Waals surface area contributed by atoms with Gasteiger partial charge in [-0.2, -0.15) is 4.99 Å². The van der Waals surface area contributed by atoms with Gasteiger partial charge in [0, 0.05) is 5.02 Å². The largest absolute Gasteiger partial charge is 0.240 e. The summed E-state index contributed by atoms with van der Waals surface area (Å²) in [5, 5.41) is 0.305. The van der Waals surface area contributed by atoms with Crippen LogP contribution in [-0.2, 0) is 11.2 Å². The van der Waals surface area contributed by atoms with Crippen molar-refractivity contribution in [3.8, 4) is 0 Å². The molecule has 0 heterocycles. The lowest BCUT2D eigenvalue weighted by Crippen LogP contribution is -1.86. The van der Waals surface area contributed by atoms with Gasteiger partial charge in [-0.05, 0) is 24.1 Å². The minimum absolute atomic E-state index is 0.0295. The summed E-state index contributed by atoms with van der Waals surface area (Å²) in [5.74, 6) is -0.590. The van der Waals surface area contributed by atoms with Crippen LogP contribution in [0.4, 0.5) is 10.1 Å². The minimum Gasteiger partial charge on any atom is -0.211 e. The third-order valence-corrected chi connectivity index (χ3v) is 1.86. The smallest absolute Gasteiger partial charge is 0.211 e. The van der Waals surface area contributed by atoms with Crippen LogP contribution < -0.4 is 0 Å². The molecule has 0 N–H and O–H groups in total. The van der Waals surface area contributed by atoms with E-state index in [1.165, 1.54) is 6.08 Å². The van der Waals surface area contributed by atoms with Crippen LogP contribution in [0.5, 0.6) is 0 Å². The van der Waals surface area contributed by atoms with E-state index < -0.39 is 5.82 Å². The first-order valence-corrected chi connectivity index (χ1v) is 4.12. The maximum Gasteiger partial charge on any atom is 0.240 e. The van der Waals surface area contributed by atoms with Crippen molar-refractivity contribution in [2.45, 2.75) is 13.3 Å². The standard InChI is InChI=1S/C9H7ClFNO/c1-2-6-3-7(10)4-8(11)9(6)12-5-13/h3-4H,2H2,1H3. The first-order valence-electron chi connectivity index (χ1n) is 3.74. The summed E-state index contributed by atoms with van der Waals surface area (Å²) in [6.07, 6.45) is 1.88. The van der Waals surface area contributed by atoms with Gasteiger partial charge in [0.05, 0.1) is 0 Å². The molecule has 0 unspecified atom stereocenters. The summed E-state index contributed by atoms with van der Waals surface area (Å²) >= 11 is 5.62. The molecular weight excluding hydrogens is 193 g/mol. The Labute approximate surface area is 80.1 Å². The Kier molecular flexibility index (Phi) is 3.18. The molecule has 0 aliphatic carbocycles. The summed E-state index contributed by atoms with van der Waals surface area (Å²) in [7, 11) is 0. The topological polar surface area (TPSA) is 29.4 Å². The van der Waals surface area contributed by atoms with Crippen LogP contribution in [0, 0.1) is 5.82 Å². The Bertz CT molecular complexity index is 372. The van der Waals surface area contributed by atoms with Gasteiger partial charge in [0.1, 0.15) is 5.69 Å². The van der Waals surface area contributed by atoms with Gasteiger partial charge in [-0.25, -0.2) is 9.18 Å². The zero-order valence-electron chi connectivity index (χ0n) is 6.97. The zero-order chi connectivity index (χ0) is 9.84. The number of carbonyl (C=O) groups excluding carboxylic acids is 1. The van der Waals surface area contributed by atoms with E-state index in [1.807, 2.05) is 6.92 Å². The Balaban J connectivity index is 3.37. The molecule has 0 amide bonds. The molecule has 0 saturated heterocycles. The molecule has 1 aromatic rings. The lowest BCUT2D eigenvalue weighted by molar-refractivity contribution is 0.564. The Morgan fingerprint density at radius 2 is 2.31 bits per heavy atom.